The van der Waals surface area contributed by atoms with Crippen LogP contribution < -0.4 is 0 Å². The lowest BCUT2D eigenvalue weighted by Crippen LogP contribution is -1.99. The lowest BCUT2D eigenvalue weighted by atomic mass is 10.2. The van der Waals surface area contributed by atoms with Gasteiger partial charge in [0.15, 0.2) is 0 Å². The summed E-state index contributed by atoms with van der Waals surface area (Å²) in [6.07, 6.45) is 6.63. The van der Waals surface area contributed by atoms with Gasteiger partial charge in [0.25, 0.3) is 0 Å². The van der Waals surface area contributed by atoms with Gasteiger partial charge in [0.05, 0.1) is 38.3 Å². The maximum Gasteiger partial charge on any atom is 0.314 e. The van der Waals surface area contributed by atoms with E-state index in [1.165, 1.54) is 12.6 Å². The highest BCUT2D eigenvalue weighted by molar-refractivity contribution is 7.70. The van der Waals surface area contributed by atoms with Crippen molar-refractivity contribution in [3.63, 3.8) is 0 Å². The number of ether oxygens (including phenoxy) is 1. The van der Waals surface area contributed by atoms with Crippen LogP contribution in [-0.4, -0.2) is 31.6 Å². The second kappa shape index (κ2) is 4.00. The quantitative estimate of drug-likeness (QED) is 0.534. The van der Waals surface area contributed by atoms with Crippen LogP contribution in [0.3, 0.4) is 0 Å². The molecule has 0 aromatic rings. The highest BCUT2D eigenvalue weighted by Gasteiger charge is 2.38. The van der Waals surface area contributed by atoms with E-state index in [4.69, 9.17) is 9.26 Å². The molecule has 0 aromatic carbocycles. The summed E-state index contributed by atoms with van der Waals surface area (Å²) in [5.74, 6) is -0.115. The van der Waals surface area contributed by atoms with Gasteiger partial charge in [-0.1, -0.05) is 0 Å². The average molecular weight is 215 g/mol. The molecule has 0 N–H and O–H groups in total. The zero-order chi connectivity index (χ0) is 10.0. The molecule has 14 heavy (non-hydrogen) atoms. The van der Waals surface area contributed by atoms with E-state index in [1.807, 2.05) is 0 Å². The summed E-state index contributed by atoms with van der Waals surface area (Å²) in [5.41, 5.74) is 1.13. The predicted octanol–water partition coefficient (Wildman–Crippen LogP) is 2.19. The van der Waals surface area contributed by atoms with Crippen LogP contribution in [0.15, 0.2) is 11.8 Å². The first-order valence-electron chi connectivity index (χ1n) is 5.04. The van der Waals surface area contributed by atoms with Crippen LogP contribution in [0.4, 0.5) is 0 Å². The molecule has 0 amide bonds. The molecule has 0 aromatic heterocycles. The first-order valence-corrected chi connectivity index (χ1v) is 7.57. The van der Waals surface area contributed by atoms with Gasteiger partial charge in [-0.3, -0.25) is 4.79 Å². The Hall–Kier alpha value is -0.400. The summed E-state index contributed by atoms with van der Waals surface area (Å²) in [6, 6.07) is 0. The van der Waals surface area contributed by atoms with Crippen molar-refractivity contribution in [2.75, 3.05) is 25.6 Å². The van der Waals surface area contributed by atoms with Gasteiger partial charge >= 0.3 is 5.97 Å². The Morgan fingerprint density at radius 3 is 3.00 bits per heavy atom. The van der Waals surface area contributed by atoms with E-state index in [0.29, 0.717) is 6.42 Å². The van der Waals surface area contributed by atoms with Crippen LogP contribution in [0, 0.1) is 0 Å². The highest BCUT2D eigenvalue weighted by atomic mass is 31.2. The van der Waals surface area contributed by atoms with Gasteiger partial charge in [-0.2, -0.15) is 0 Å². The number of carbonyl (C=O) groups is 1. The molecule has 0 radical (unpaired) electrons. The van der Waals surface area contributed by atoms with Crippen molar-refractivity contribution >= 4 is 13.5 Å². The average Bonchev–Trinajstić information content (AvgIpc) is 2.73. The minimum absolute atomic E-state index is 0.115. The molecule has 2 aliphatic heterocycles. The Morgan fingerprint density at radius 1 is 1.57 bits per heavy atom. The van der Waals surface area contributed by atoms with Crippen LogP contribution in [0.5, 0.6) is 0 Å². The number of cyclic esters (lactones) is 1. The van der Waals surface area contributed by atoms with Crippen LogP contribution >= 0.6 is 7.49 Å². The van der Waals surface area contributed by atoms with Crippen molar-refractivity contribution < 1.29 is 14.1 Å². The Labute approximate surface area is 84.9 Å². The van der Waals surface area contributed by atoms with Crippen molar-refractivity contribution in [1.29, 1.82) is 0 Å². The fraction of sp³-hybridized carbons (Fsp3) is 0.700. The maximum absolute atomic E-state index is 10.8. The largest absolute Gasteiger partial charge is 0.434 e. The summed E-state index contributed by atoms with van der Waals surface area (Å²) < 4.78 is 10.6. The molecule has 1 unspecified atom stereocenters. The minimum atomic E-state index is -1.10. The normalized spacial score (nSPS) is 31.8. The van der Waals surface area contributed by atoms with E-state index in [0.717, 1.165) is 24.8 Å². The lowest BCUT2D eigenvalue weighted by molar-refractivity contribution is -0.135. The van der Waals surface area contributed by atoms with Gasteiger partial charge in [0, 0.05) is 12.8 Å². The summed E-state index contributed by atoms with van der Waals surface area (Å²) in [7, 11) is -1.10. The molecular formula is C10H16O3P+. The monoisotopic (exact) mass is 215 g/mol. The fourth-order valence-corrected chi connectivity index (χ4v) is 4.48. The molecule has 1 saturated heterocycles. The van der Waals surface area contributed by atoms with Crippen molar-refractivity contribution in [3.05, 3.63) is 11.8 Å². The van der Waals surface area contributed by atoms with Gasteiger partial charge in [0.1, 0.15) is 7.49 Å². The second-order valence-electron chi connectivity index (χ2n) is 4.12. The number of hydrogen-bond acceptors (Lipinski definition) is 3. The van der Waals surface area contributed by atoms with Gasteiger partial charge in [-0.25, -0.2) is 4.52 Å². The Balaban J connectivity index is 1.79. The molecular weight excluding hydrogens is 199 g/mol. The molecule has 2 aliphatic rings. The first-order chi connectivity index (χ1) is 6.68. The van der Waals surface area contributed by atoms with Crippen molar-refractivity contribution in [2.45, 2.75) is 19.3 Å². The molecule has 4 heteroatoms. The van der Waals surface area contributed by atoms with Gasteiger partial charge < -0.3 is 4.74 Å². The lowest BCUT2D eigenvalue weighted by Gasteiger charge is -2.13. The highest BCUT2D eigenvalue weighted by Crippen LogP contribution is 2.61. The smallest absolute Gasteiger partial charge is 0.314 e. The molecule has 0 saturated carbocycles. The van der Waals surface area contributed by atoms with Gasteiger partial charge in [0.2, 0.25) is 0 Å². The van der Waals surface area contributed by atoms with Crippen LogP contribution in [-0.2, 0) is 14.1 Å². The first kappa shape index (κ1) is 10.1. The summed E-state index contributed by atoms with van der Waals surface area (Å²) in [6.45, 7) is 3.19. The van der Waals surface area contributed by atoms with E-state index in [-0.39, 0.29) is 5.97 Å². The van der Waals surface area contributed by atoms with E-state index in [2.05, 4.69) is 6.66 Å². The van der Waals surface area contributed by atoms with E-state index >= 15 is 0 Å². The number of carbonyl (C=O) groups excluding carboxylic acids is 1. The summed E-state index contributed by atoms with van der Waals surface area (Å²) >= 11 is 0. The molecule has 0 bridgehead atoms. The van der Waals surface area contributed by atoms with Crippen molar-refractivity contribution in [2.24, 2.45) is 0 Å². The third kappa shape index (κ3) is 2.34. The number of esters is 1. The molecule has 2 rings (SSSR count). The second-order valence-corrected chi connectivity index (χ2v) is 7.87. The van der Waals surface area contributed by atoms with E-state index in [9.17, 15) is 4.79 Å². The SMILES string of the molecule is C[P+]1(CCC2=COC(=O)C2)CCCO1. The minimum Gasteiger partial charge on any atom is -0.434 e. The molecule has 1 atom stereocenters. The molecule has 3 nitrogen and oxygen atoms in total. The van der Waals surface area contributed by atoms with Crippen LogP contribution in [0.1, 0.15) is 19.3 Å². The summed E-state index contributed by atoms with van der Waals surface area (Å²) in [4.78, 5) is 10.8. The van der Waals surface area contributed by atoms with Crippen LogP contribution in [0.2, 0.25) is 0 Å². The van der Waals surface area contributed by atoms with Crippen molar-refractivity contribution in [3.8, 4) is 0 Å². The predicted molar refractivity (Wildman–Crippen MR) is 56.6 cm³/mol. The Morgan fingerprint density at radius 2 is 2.43 bits per heavy atom. The third-order valence-electron chi connectivity index (χ3n) is 2.81. The third-order valence-corrected chi connectivity index (χ3v) is 6.05. The molecule has 0 spiro atoms. The molecule has 0 aliphatic carbocycles. The van der Waals surface area contributed by atoms with Gasteiger partial charge in [-0.15, -0.1) is 0 Å². The fourth-order valence-electron chi connectivity index (χ4n) is 1.87. The number of rotatable bonds is 3. The van der Waals surface area contributed by atoms with E-state index in [1.54, 1.807) is 6.26 Å². The Bertz CT molecular complexity index is 267. The van der Waals surface area contributed by atoms with Crippen LogP contribution in [0.25, 0.3) is 0 Å². The zero-order valence-electron chi connectivity index (χ0n) is 8.49. The number of hydrogen-bond donors (Lipinski definition) is 0. The molecule has 2 heterocycles. The topological polar surface area (TPSA) is 35.5 Å². The molecule has 78 valence electrons. The van der Waals surface area contributed by atoms with Crippen molar-refractivity contribution in [1.82, 2.24) is 0 Å². The van der Waals surface area contributed by atoms with Gasteiger partial charge in [-0.05, 0) is 5.57 Å². The summed E-state index contributed by atoms with van der Waals surface area (Å²) in [5, 5.41) is 0. The maximum atomic E-state index is 10.8. The van der Waals surface area contributed by atoms with E-state index < -0.39 is 7.49 Å². The standard InChI is InChI=1S/C10H16O3P/c1-14(5-2-4-13-14)6-3-9-7-10(11)12-8-9/h8H,2-7H2,1H3/q+1. The Kier molecular flexibility index (Phi) is 2.89. The molecule has 1 fully saturated rings. The zero-order valence-corrected chi connectivity index (χ0v) is 9.39.